The lowest BCUT2D eigenvalue weighted by Gasteiger charge is -2.08. The van der Waals surface area contributed by atoms with E-state index >= 15 is 0 Å². The minimum Gasteiger partial charge on any atom is -0.392 e. The van der Waals surface area contributed by atoms with E-state index in [1.807, 2.05) is 25.1 Å². The molecule has 0 spiro atoms. The highest BCUT2D eigenvalue weighted by molar-refractivity contribution is 5.95. The summed E-state index contributed by atoms with van der Waals surface area (Å²) in [6.45, 7) is 3.81. The van der Waals surface area contributed by atoms with Gasteiger partial charge in [0.15, 0.2) is 0 Å². The third-order valence-electron chi connectivity index (χ3n) is 1.95. The summed E-state index contributed by atoms with van der Waals surface area (Å²) < 4.78 is 0. The predicted octanol–water partition coefficient (Wildman–Crippen LogP) is 1.11. The maximum absolute atomic E-state index is 11.5. The van der Waals surface area contributed by atoms with Gasteiger partial charge in [-0.05, 0) is 25.5 Å². The topological polar surface area (TPSA) is 49.3 Å². The van der Waals surface area contributed by atoms with Crippen molar-refractivity contribution in [2.75, 3.05) is 6.54 Å². The molecule has 0 aliphatic carbocycles. The maximum atomic E-state index is 11.5. The molecule has 1 amide bonds. The summed E-state index contributed by atoms with van der Waals surface area (Å²) >= 11 is 0. The van der Waals surface area contributed by atoms with Gasteiger partial charge in [0.05, 0.1) is 6.10 Å². The SMILES string of the molecule is Cc1ccccc1C(=O)NC[C@@H](C)O. The molecule has 2 N–H and O–H groups in total. The first-order chi connectivity index (χ1) is 6.61. The number of carbonyl (C=O) groups is 1. The van der Waals surface area contributed by atoms with E-state index in [1.165, 1.54) is 0 Å². The van der Waals surface area contributed by atoms with Crippen molar-refractivity contribution in [1.82, 2.24) is 5.32 Å². The summed E-state index contributed by atoms with van der Waals surface area (Å²) in [7, 11) is 0. The third kappa shape index (κ3) is 2.85. The number of nitrogens with one attached hydrogen (secondary N) is 1. The van der Waals surface area contributed by atoms with Crippen LogP contribution < -0.4 is 5.32 Å². The van der Waals surface area contributed by atoms with Crippen molar-refractivity contribution < 1.29 is 9.90 Å². The molecule has 14 heavy (non-hydrogen) atoms. The number of amides is 1. The molecule has 0 saturated heterocycles. The number of aliphatic hydroxyl groups is 1. The van der Waals surface area contributed by atoms with Crippen molar-refractivity contribution in [3.05, 3.63) is 35.4 Å². The molecule has 3 heteroatoms. The van der Waals surface area contributed by atoms with Gasteiger partial charge < -0.3 is 10.4 Å². The fraction of sp³-hybridized carbons (Fsp3) is 0.364. The average molecular weight is 193 g/mol. The van der Waals surface area contributed by atoms with Crippen LogP contribution in [0.1, 0.15) is 22.8 Å². The normalized spacial score (nSPS) is 12.2. The number of aryl methyl sites for hydroxylation is 1. The quantitative estimate of drug-likeness (QED) is 0.755. The Labute approximate surface area is 83.8 Å². The van der Waals surface area contributed by atoms with Crippen LogP contribution in [0.3, 0.4) is 0 Å². The second kappa shape index (κ2) is 4.77. The molecule has 1 aromatic rings. The number of benzene rings is 1. The lowest BCUT2D eigenvalue weighted by Crippen LogP contribution is -2.30. The van der Waals surface area contributed by atoms with Gasteiger partial charge in [-0.2, -0.15) is 0 Å². The zero-order valence-corrected chi connectivity index (χ0v) is 8.45. The lowest BCUT2D eigenvalue weighted by molar-refractivity contribution is 0.0923. The summed E-state index contributed by atoms with van der Waals surface area (Å²) in [5.74, 6) is -0.135. The molecule has 76 valence electrons. The van der Waals surface area contributed by atoms with Crippen LogP contribution in [0.5, 0.6) is 0 Å². The molecular formula is C11H15NO2. The maximum Gasteiger partial charge on any atom is 0.251 e. The minimum absolute atomic E-state index is 0.135. The van der Waals surface area contributed by atoms with Crippen LogP contribution in [0.4, 0.5) is 0 Å². The van der Waals surface area contributed by atoms with Crippen molar-refractivity contribution in [1.29, 1.82) is 0 Å². The summed E-state index contributed by atoms with van der Waals surface area (Å²) in [6.07, 6.45) is -0.511. The second-order valence-corrected chi connectivity index (χ2v) is 3.37. The van der Waals surface area contributed by atoms with Crippen LogP contribution >= 0.6 is 0 Å². The van der Waals surface area contributed by atoms with Crippen LogP contribution in [0, 0.1) is 6.92 Å². The van der Waals surface area contributed by atoms with Crippen molar-refractivity contribution in [3.63, 3.8) is 0 Å². The summed E-state index contributed by atoms with van der Waals surface area (Å²) in [6, 6.07) is 7.37. The molecule has 1 rings (SSSR count). The van der Waals surface area contributed by atoms with E-state index in [9.17, 15) is 4.79 Å². The second-order valence-electron chi connectivity index (χ2n) is 3.37. The molecule has 3 nitrogen and oxygen atoms in total. The predicted molar refractivity (Wildman–Crippen MR) is 55.2 cm³/mol. The smallest absolute Gasteiger partial charge is 0.251 e. The molecule has 1 aromatic carbocycles. The Morgan fingerprint density at radius 3 is 2.71 bits per heavy atom. The monoisotopic (exact) mass is 193 g/mol. The summed E-state index contributed by atoms with van der Waals surface area (Å²) in [5, 5.41) is 11.7. The Balaban J connectivity index is 2.65. The van der Waals surface area contributed by atoms with Crippen LogP contribution in [0.2, 0.25) is 0 Å². The summed E-state index contributed by atoms with van der Waals surface area (Å²) in [4.78, 5) is 11.5. The molecule has 1 atom stereocenters. The standard InChI is InChI=1S/C11H15NO2/c1-8-5-3-4-6-10(8)11(14)12-7-9(2)13/h3-6,9,13H,7H2,1-2H3,(H,12,14)/t9-/m1/s1. The Bertz CT molecular complexity index is 321. The first-order valence-corrected chi connectivity index (χ1v) is 4.63. The number of carbonyl (C=O) groups excluding carboxylic acids is 1. The van der Waals surface area contributed by atoms with Gasteiger partial charge in [-0.25, -0.2) is 0 Å². The van der Waals surface area contributed by atoms with Crippen LogP contribution in [-0.4, -0.2) is 23.7 Å². The van der Waals surface area contributed by atoms with Crippen molar-refractivity contribution in [2.45, 2.75) is 20.0 Å². The fourth-order valence-corrected chi connectivity index (χ4v) is 1.16. The lowest BCUT2D eigenvalue weighted by atomic mass is 10.1. The molecule has 0 aliphatic heterocycles. The number of aliphatic hydroxyl groups excluding tert-OH is 1. The Hall–Kier alpha value is -1.35. The van der Waals surface area contributed by atoms with E-state index in [4.69, 9.17) is 5.11 Å². The Morgan fingerprint density at radius 1 is 1.50 bits per heavy atom. The molecular weight excluding hydrogens is 178 g/mol. The largest absolute Gasteiger partial charge is 0.392 e. The van der Waals surface area contributed by atoms with Crippen molar-refractivity contribution >= 4 is 5.91 Å². The van der Waals surface area contributed by atoms with Crippen LogP contribution in [0.15, 0.2) is 24.3 Å². The van der Waals surface area contributed by atoms with Crippen molar-refractivity contribution in [2.24, 2.45) is 0 Å². The molecule has 0 unspecified atom stereocenters. The zero-order valence-electron chi connectivity index (χ0n) is 8.45. The molecule has 0 fully saturated rings. The molecule has 0 aromatic heterocycles. The van der Waals surface area contributed by atoms with E-state index in [0.29, 0.717) is 5.56 Å². The zero-order chi connectivity index (χ0) is 10.6. The highest BCUT2D eigenvalue weighted by Crippen LogP contribution is 2.06. The molecule has 0 bridgehead atoms. The van der Waals surface area contributed by atoms with Gasteiger partial charge in [-0.15, -0.1) is 0 Å². The number of hydrogen-bond acceptors (Lipinski definition) is 2. The minimum atomic E-state index is -0.511. The van der Waals surface area contributed by atoms with Gasteiger partial charge >= 0.3 is 0 Å². The summed E-state index contributed by atoms with van der Waals surface area (Å²) in [5.41, 5.74) is 1.60. The highest BCUT2D eigenvalue weighted by Gasteiger charge is 2.07. The van der Waals surface area contributed by atoms with Gasteiger partial charge in [0, 0.05) is 12.1 Å². The van der Waals surface area contributed by atoms with E-state index in [0.717, 1.165) is 5.56 Å². The fourth-order valence-electron chi connectivity index (χ4n) is 1.16. The third-order valence-corrected chi connectivity index (χ3v) is 1.95. The van der Waals surface area contributed by atoms with Gasteiger partial charge in [-0.3, -0.25) is 4.79 Å². The van der Waals surface area contributed by atoms with Gasteiger partial charge in [-0.1, -0.05) is 18.2 Å². The first kappa shape index (κ1) is 10.7. The number of hydrogen-bond donors (Lipinski definition) is 2. The van der Waals surface area contributed by atoms with Crippen molar-refractivity contribution in [3.8, 4) is 0 Å². The Morgan fingerprint density at radius 2 is 2.14 bits per heavy atom. The van der Waals surface area contributed by atoms with Crippen LogP contribution in [-0.2, 0) is 0 Å². The molecule has 0 heterocycles. The Kier molecular flexibility index (Phi) is 3.65. The molecule has 0 saturated carbocycles. The van der Waals surface area contributed by atoms with Gasteiger partial charge in [0.2, 0.25) is 0 Å². The van der Waals surface area contributed by atoms with E-state index in [1.54, 1.807) is 13.0 Å². The highest BCUT2D eigenvalue weighted by atomic mass is 16.3. The first-order valence-electron chi connectivity index (χ1n) is 4.63. The molecule has 0 radical (unpaired) electrons. The van der Waals surface area contributed by atoms with E-state index in [2.05, 4.69) is 5.32 Å². The number of rotatable bonds is 3. The van der Waals surface area contributed by atoms with Crippen LogP contribution in [0.25, 0.3) is 0 Å². The molecule has 0 aliphatic rings. The average Bonchev–Trinajstić information content (AvgIpc) is 2.15. The van der Waals surface area contributed by atoms with E-state index in [-0.39, 0.29) is 12.5 Å². The van der Waals surface area contributed by atoms with E-state index < -0.39 is 6.10 Å². The van der Waals surface area contributed by atoms with Gasteiger partial charge in [0.25, 0.3) is 5.91 Å². The van der Waals surface area contributed by atoms with Gasteiger partial charge in [0.1, 0.15) is 0 Å².